The van der Waals surface area contributed by atoms with Crippen molar-refractivity contribution in [1.82, 2.24) is 0 Å². The van der Waals surface area contributed by atoms with Crippen molar-refractivity contribution in [2.24, 2.45) is 0 Å². The summed E-state index contributed by atoms with van der Waals surface area (Å²) >= 11 is 0. The number of carbonyl (C=O) groups excluding carboxylic acids is 2. The minimum Gasteiger partial charge on any atom is -0.462 e. The summed E-state index contributed by atoms with van der Waals surface area (Å²) in [6, 6.07) is 0. The molecule has 3 N–H and O–H groups in total. The van der Waals surface area contributed by atoms with Crippen molar-refractivity contribution in [3.05, 3.63) is 60.8 Å². The molecule has 0 heterocycles. The highest BCUT2D eigenvalue weighted by molar-refractivity contribution is 7.46. The van der Waals surface area contributed by atoms with Crippen LogP contribution in [0.2, 0.25) is 0 Å². The summed E-state index contributed by atoms with van der Waals surface area (Å²) in [5.41, 5.74) is 0. The van der Waals surface area contributed by atoms with E-state index in [9.17, 15) is 19.3 Å². The van der Waals surface area contributed by atoms with Crippen LogP contribution < -0.4 is 0 Å². The maximum absolute atomic E-state index is 12.4. The van der Waals surface area contributed by atoms with Crippen LogP contribution in [0.15, 0.2) is 60.8 Å². The molecule has 0 aliphatic heterocycles. The number of aliphatic hydroxyl groups is 1. The Morgan fingerprint density at radius 1 is 0.633 bits per heavy atom. The lowest BCUT2D eigenvalue weighted by atomic mass is 10.1. The van der Waals surface area contributed by atoms with E-state index in [-0.39, 0.29) is 19.4 Å². The fourth-order valence-corrected chi connectivity index (χ4v) is 5.17. The van der Waals surface area contributed by atoms with Crippen LogP contribution in [-0.4, -0.2) is 52.3 Å². The van der Waals surface area contributed by atoms with Crippen LogP contribution in [-0.2, 0) is 28.2 Å². The lowest BCUT2D eigenvalue weighted by Crippen LogP contribution is -2.29. The second kappa shape index (κ2) is 34.2. The third-order valence-corrected chi connectivity index (χ3v) is 8.11. The van der Waals surface area contributed by atoms with E-state index in [0.29, 0.717) is 19.3 Å². The molecule has 0 saturated carbocycles. The Labute approximate surface area is 297 Å². The van der Waals surface area contributed by atoms with E-state index >= 15 is 0 Å². The maximum Gasteiger partial charge on any atom is 0.469 e. The molecular formula is C39H67O9P. The first-order chi connectivity index (χ1) is 23.7. The monoisotopic (exact) mass is 710 g/mol. The quantitative estimate of drug-likeness (QED) is 0.0200. The summed E-state index contributed by atoms with van der Waals surface area (Å²) in [5.74, 6) is -0.962. The first-order valence-electron chi connectivity index (χ1n) is 18.7. The zero-order chi connectivity index (χ0) is 36.3. The Kier molecular flexibility index (Phi) is 32.6. The van der Waals surface area contributed by atoms with Gasteiger partial charge in [-0.15, -0.1) is 0 Å². The number of phosphoric acid groups is 1. The van der Waals surface area contributed by atoms with Crippen molar-refractivity contribution in [2.45, 2.75) is 161 Å². The highest BCUT2D eigenvalue weighted by Gasteiger charge is 2.22. The van der Waals surface area contributed by atoms with E-state index < -0.39 is 38.6 Å². The molecule has 0 aliphatic rings. The van der Waals surface area contributed by atoms with Crippen molar-refractivity contribution in [1.29, 1.82) is 0 Å². The number of esters is 2. The molecule has 0 fully saturated rings. The summed E-state index contributed by atoms with van der Waals surface area (Å²) in [4.78, 5) is 42.7. The average Bonchev–Trinajstić information content (AvgIpc) is 3.06. The molecule has 0 aromatic heterocycles. The number of unbranched alkanes of at least 4 members (excludes halogenated alkanes) is 14. The average molecular weight is 711 g/mol. The van der Waals surface area contributed by atoms with Gasteiger partial charge in [0.05, 0.1) is 12.7 Å². The van der Waals surface area contributed by atoms with Crippen LogP contribution >= 0.6 is 7.82 Å². The van der Waals surface area contributed by atoms with Crippen LogP contribution in [0.3, 0.4) is 0 Å². The summed E-state index contributed by atoms with van der Waals surface area (Å²) < 4.78 is 26.2. The highest BCUT2D eigenvalue weighted by Crippen LogP contribution is 2.36. The van der Waals surface area contributed by atoms with Gasteiger partial charge in [0.2, 0.25) is 0 Å². The molecule has 0 radical (unpaired) electrons. The largest absolute Gasteiger partial charge is 0.469 e. The molecule has 0 aromatic rings. The first kappa shape index (κ1) is 46.7. The number of hydrogen-bond donors (Lipinski definition) is 3. The molecule has 10 heteroatoms. The van der Waals surface area contributed by atoms with E-state index in [1.54, 1.807) is 6.08 Å². The van der Waals surface area contributed by atoms with Crippen molar-refractivity contribution < 1.29 is 43.0 Å². The minimum absolute atomic E-state index is 0.176. The SMILES string of the molecule is CC/C=C/CC(O)/C=C/C=C/CCCCCCCC(=O)OC[C@H](COP(=O)(O)O)OC(=O)CCCCCCC/C=C\C=C/CCCCCC. The molecule has 0 saturated heterocycles. The Bertz CT molecular complexity index is 996. The maximum atomic E-state index is 12.4. The highest BCUT2D eigenvalue weighted by atomic mass is 31.2. The van der Waals surface area contributed by atoms with Gasteiger partial charge in [0, 0.05) is 12.8 Å². The molecule has 0 rings (SSSR count). The zero-order valence-electron chi connectivity index (χ0n) is 30.4. The molecule has 2 atom stereocenters. The molecule has 282 valence electrons. The number of aliphatic hydroxyl groups excluding tert-OH is 1. The van der Waals surface area contributed by atoms with Crippen molar-refractivity contribution >= 4 is 19.8 Å². The third-order valence-electron chi connectivity index (χ3n) is 7.63. The number of phosphoric ester groups is 1. The Balaban J connectivity index is 4.09. The van der Waals surface area contributed by atoms with Crippen molar-refractivity contribution in [2.75, 3.05) is 13.2 Å². The molecular weight excluding hydrogens is 643 g/mol. The normalized spacial score (nSPS) is 13.8. The molecule has 0 amide bonds. The number of carbonyl (C=O) groups is 2. The van der Waals surface area contributed by atoms with Gasteiger partial charge < -0.3 is 24.4 Å². The summed E-state index contributed by atoms with van der Waals surface area (Å²) in [5, 5.41) is 9.82. The van der Waals surface area contributed by atoms with E-state index in [2.05, 4.69) is 48.8 Å². The molecule has 0 aromatic carbocycles. The number of rotatable bonds is 33. The van der Waals surface area contributed by atoms with Crippen LogP contribution in [0.4, 0.5) is 0 Å². The first-order valence-corrected chi connectivity index (χ1v) is 20.2. The lowest BCUT2D eigenvalue weighted by Gasteiger charge is -2.18. The molecule has 0 aliphatic carbocycles. The van der Waals surface area contributed by atoms with E-state index in [1.165, 1.54) is 25.7 Å². The second-order valence-corrected chi connectivity index (χ2v) is 13.6. The van der Waals surface area contributed by atoms with Gasteiger partial charge >= 0.3 is 19.8 Å². The summed E-state index contributed by atoms with van der Waals surface area (Å²) in [6.45, 7) is 3.40. The fourth-order valence-electron chi connectivity index (χ4n) is 4.81. The molecule has 0 spiro atoms. The molecule has 0 bridgehead atoms. The molecule has 49 heavy (non-hydrogen) atoms. The van der Waals surface area contributed by atoms with Crippen molar-refractivity contribution in [3.63, 3.8) is 0 Å². The van der Waals surface area contributed by atoms with Crippen LogP contribution in [0, 0.1) is 0 Å². The van der Waals surface area contributed by atoms with E-state index in [0.717, 1.165) is 77.0 Å². The standard InChI is InChI=1S/C39H67O9P/c1-3-5-7-8-9-10-11-12-13-14-15-18-22-25-29-33-39(42)48-37(35-47-49(43,44)45)34-46-38(41)32-28-24-21-19-16-17-20-23-27-31-36(40)30-26-6-4-2/h6,10-13,20,23,26-27,31,36-37,40H,3-5,7-9,14-19,21-22,24-25,28-30,32-35H2,1-2H3,(H2,43,44,45)/b11-10-,13-12-,23-20+,26-6+,31-27+/t36?,37-/m1/s1. The fraction of sp³-hybridized carbons (Fsp3) is 0.692. The van der Waals surface area contributed by atoms with Crippen molar-refractivity contribution in [3.8, 4) is 0 Å². The van der Waals surface area contributed by atoms with Gasteiger partial charge in [-0.3, -0.25) is 14.1 Å². The Morgan fingerprint density at radius 3 is 1.69 bits per heavy atom. The summed E-state index contributed by atoms with van der Waals surface area (Å²) in [7, 11) is -4.77. The van der Waals surface area contributed by atoms with Gasteiger partial charge in [-0.2, -0.15) is 0 Å². The van der Waals surface area contributed by atoms with Crippen LogP contribution in [0.5, 0.6) is 0 Å². The third kappa shape index (κ3) is 36.8. The molecule has 1 unspecified atom stereocenters. The number of hydrogen-bond acceptors (Lipinski definition) is 7. The van der Waals surface area contributed by atoms with Gasteiger partial charge in [-0.05, 0) is 64.2 Å². The van der Waals surface area contributed by atoms with Gasteiger partial charge in [0.1, 0.15) is 6.61 Å². The predicted molar refractivity (Wildman–Crippen MR) is 199 cm³/mol. The second-order valence-electron chi connectivity index (χ2n) is 12.4. The van der Waals surface area contributed by atoms with Crippen LogP contribution in [0.1, 0.15) is 149 Å². The Hall–Kier alpha value is -2.29. The zero-order valence-corrected chi connectivity index (χ0v) is 31.3. The van der Waals surface area contributed by atoms with Gasteiger partial charge in [-0.25, -0.2) is 4.57 Å². The van der Waals surface area contributed by atoms with Gasteiger partial charge in [0.15, 0.2) is 6.10 Å². The summed E-state index contributed by atoms with van der Waals surface area (Å²) in [6.07, 6.45) is 38.4. The van der Waals surface area contributed by atoms with Gasteiger partial charge in [-0.1, -0.05) is 132 Å². The van der Waals surface area contributed by atoms with E-state index in [1.807, 2.05) is 24.3 Å². The minimum atomic E-state index is -4.77. The molecule has 9 nitrogen and oxygen atoms in total. The van der Waals surface area contributed by atoms with E-state index in [4.69, 9.17) is 19.3 Å². The number of allylic oxidation sites excluding steroid dienone is 8. The topological polar surface area (TPSA) is 140 Å². The lowest BCUT2D eigenvalue weighted by molar-refractivity contribution is -0.161. The smallest absolute Gasteiger partial charge is 0.462 e. The number of ether oxygens (including phenoxy) is 2. The van der Waals surface area contributed by atoms with Crippen LogP contribution in [0.25, 0.3) is 0 Å². The Morgan fingerprint density at radius 2 is 1.14 bits per heavy atom. The predicted octanol–water partition coefficient (Wildman–Crippen LogP) is 9.92. The van der Waals surface area contributed by atoms with Gasteiger partial charge in [0.25, 0.3) is 0 Å².